The van der Waals surface area contributed by atoms with Crippen molar-refractivity contribution in [2.24, 2.45) is 0 Å². The van der Waals surface area contributed by atoms with Gasteiger partial charge in [0.05, 0.1) is 5.69 Å². The molecular weight excluding hydrogens is 262 g/mol. The zero-order chi connectivity index (χ0) is 14.0. The summed E-state index contributed by atoms with van der Waals surface area (Å²) in [4.78, 5) is 0. The first-order valence-electron chi connectivity index (χ1n) is 5.26. The Bertz CT molecular complexity index is 595. The Morgan fingerprint density at radius 3 is 2.21 bits per heavy atom. The van der Waals surface area contributed by atoms with Gasteiger partial charge in [0.2, 0.25) is 0 Å². The monoisotopic (exact) mass is 271 g/mol. The van der Waals surface area contributed by atoms with E-state index in [4.69, 9.17) is 5.73 Å². The smallest absolute Gasteiger partial charge is 0.404 e. The lowest BCUT2D eigenvalue weighted by Gasteiger charge is -2.12. The van der Waals surface area contributed by atoms with Gasteiger partial charge in [-0.2, -0.15) is 0 Å². The number of rotatable bonds is 2. The van der Waals surface area contributed by atoms with Crippen LogP contribution in [0.25, 0.3) is 11.1 Å². The minimum absolute atomic E-state index is 0.168. The van der Waals surface area contributed by atoms with Crippen molar-refractivity contribution in [3.05, 3.63) is 48.3 Å². The normalized spacial score (nSPS) is 11.4. The molecule has 2 aromatic rings. The second-order valence-electron chi connectivity index (χ2n) is 3.81. The standard InChI is InChI=1S/C13H9F4NO/c14-10-3-1-2-8(6-10)9-4-5-12(11(18)7-9)19-13(15,16)17/h1-7H,18H2. The lowest BCUT2D eigenvalue weighted by atomic mass is 10.0. The Labute approximate surface area is 106 Å². The van der Waals surface area contributed by atoms with E-state index in [9.17, 15) is 17.6 Å². The Kier molecular flexibility index (Phi) is 3.33. The third-order valence-electron chi connectivity index (χ3n) is 2.39. The SMILES string of the molecule is Nc1cc(-c2cccc(F)c2)ccc1OC(F)(F)F. The van der Waals surface area contributed by atoms with E-state index in [1.54, 1.807) is 6.07 Å². The van der Waals surface area contributed by atoms with Crippen LogP contribution in [0.1, 0.15) is 0 Å². The van der Waals surface area contributed by atoms with Gasteiger partial charge in [0, 0.05) is 0 Å². The molecule has 6 heteroatoms. The Balaban J connectivity index is 2.34. The van der Waals surface area contributed by atoms with Gasteiger partial charge in [0.15, 0.2) is 5.75 Å². The molecule has 2 rings (SSSR count). The van der Waals surface area contributed by atoms with Crippen LogP contribution in [0.3, 0.4) is 0 Å². The Morgan fingerprint density at radius 1 is 0.947 bits per heavy atom. The molecule has 0 aromatic heterocycles. The van der Waals surface area contributed by atoms with Gasteiger partial charge >= 0.3 is 6.36 Å². The van der Waals surface area contributed by atoms with Gasteiger partial charge in [-0.3, -0.25) is 0 Å². The summed E-state index contributed by atoms with van der Waals surface area (Å²) in [6, 6.07) is 9.45. The van der Waals surface area contributed by atoms with Crippen LogP contribution in [0.15, 0.2) is 42.5 Å². The average molecular weight is 271 g/mol. The maximum Gasteiger partial charge on any atom is 0.573 e. The molecule has 100 valence electrons. The Hall–Kier alpha value is -2.24. The van der Waals surface area contributed by atoms with E-state index in [0.29, 0.717) is 11.1 Å². The predicted molar refractivity (Wildman–Crippen MR) is 62.9 cm³/mol. The fraction of sp³-hybridized carbons (Fsp3) is 0.0769. The van der Waals surface area contributed by atoms with Crippen LogP contribution in [0, 0.1) is 5.82 Å². The van der Waals surface area contributed by atoms with E-state index in [1.165, 1.54) is 30.3 Å². The number of anilines is 1. The Morgan fingerprint density at radius 2 is 1.63 bits per heavy atom. The molecule has 0 aliphatic carbocycles. The molecule has 0 saturated carbocycles. The van der Waals surface area contributed by atoms with Crippen LogP contribution in [-0.2, 0) is 0 Å². The summed E-state index contributed by atoms with van der Waals surface area (Å²) < 4.78 is 53.0. The van der Waals surface area contributed by atoms with Crippen molar-refractivity contribution in [2.75, 3.05) is 5.73 Å². The van der Waals surface area contributed by atoms with E-state index in [0.717, 1.165) is 6.07 Å². The number of nitrogens with two attached hydrogens (primary N) is 1. The summed E-state index contributed by atoms with van der Waals surface area (Å²) in [6.45, 7) is 0. The van der Waals surface area contributed by atoms with Crippen LogP contribution >= 0.6 is 0 Å². The molecule has 2 N–H and O–H groups in total. The number of ether oxygens (including phenoxy) is 1. The predicted octanol–water partition coefficient (Wildman–Crippen LogP) is 3.97. The minimum atomic E-state index is -4.80. The first-order chi connectivity index (χ1) is 8.85. The molecule has 2 nitrogen and oxygen atoms in total. The largest absolute Gasteiger partial charge is 0.573 e. The van der Waals surface area contributed by atoms with Gasteiger partial charge in [-0.25, -0.2) is 4.39 Å². The highest BCUT2D eigenvalue weighted by Gasteiger charge is 2.31. The molecule has 0 unspecified atom stereocenters. The molecule has 0 atom stereocenters. The summed E-state index contributed by atoms with van der Waals surface area (Å²) in [5.41, 5.74) is 6.34. The highest BCUT2D eigenvalue weighted by Crippen LogP contribution is 2.32. The van der Waals surface area contributed by atoms with Gasteiger partial charge in [0.1, 0.15) is 5.82 Å². The number of halogens is 4. The van der Waals surface area contributed by atoms with Crippen molar-refractivity contribution in [3.8, 4) is 16.9 Å². The van der Waals surface area contributed by atoms with E-state index in [1.807, 2.05) is 0 Å². The zero-order valence-corrected chi connectivity index (χ0v) is 9.54. The molecule has 0 fully saturated rings. The molecule has 0 bridgehead atoms. The molecule has 0 radical (unpaired) electrons. The first-order valence-corrected chi connectivity index (χ1v) is 5.26. The molecule has 2 aromatic carbocycles. The van der Waals surface area contributed by atoms with Crippen molar-refractivity contribution >= 4 is 5.69 Å². The van der Waals surface area contributed by atoms with E-state index >= 15 is 0 Å². The van der Waals surface area contributed by atoms with Crippen molar-refractivity contribution in [3.63, 3.8) is 0 Å². The summed E-state index contributed by atoms with van der Waals surface area (Å²) in [6.07, 6.45) is -4.80. The summed E-state index contributed by atoms with van der Waals surface area (Å²) in [5, 5.41) is 0. The maximum absolute atomic E-state index is 13.1. The van der Waals surface area contributed by atoms with Crippen molar-refractivity contribution in [2.45, 2.75) is 6.36 Å². The average Bonchev–Trinajstić information content (AvgIpc) is 2.30. The van der Waals surface area contributed by atoms with Crippen molar-refractivity contribution in [1.82, 2.24) is 0 Å². The van der Waals surface area contributed by atoms with Crippen LogP contribution < -0.4 is 10.5 Å². The van der Waals surface area contributed by atoms with E-state index in [-0.39, 0.29) is 5.69 Å². The first kappa shape index (κ1) is 13.2. The number of alkyl halides is 3. The van der Waals surface area contributed by atoms with Gasteiger partial charge in [-0.15, -0.1) is 13.2 Å². The van der Waals surface area contributed by atoms with Gasteiger partial charge in [0.25, 0.3) is 0 Å². The van der Waals surface area contributed by atoms with Crippen molar-refractivity contribution < 1.29 is 22.3 Å². The quantitative estimate of drug-likeness (QED) is 0.662. The van der Waals surface area contributed by atoms with Crippen LogP contribution in [0.2, 0.25) is 0 Å². The zero-order valence-electron chi connectivity index (χ0n) is 9.54. The molecule has 19 heavy (non-hydrogen) atoms. The lowest BCUT2D eigenvalue weighted by molar-refractivity contribution is -0.274. The van der Waals surface area contributed by atoms with Crippen LogP contribution in [-0.4, -0.2) is 6.36 Å². The molecule has 0 spiro atoms. The van der Waals surface area contributed by atoms with Crippen LogP contribution in [0.5, 0.6) is 5.75 Å². The van der Waals surface area contributed by atoms with Gasteiger partial charge in [-0.1, -0.05) is 18.2 Å². The third-order valence-corrected chi connectivity index (χ3v) is 2.39. The maximum atomic E-state index is 13.1. The lowest BCUT2D eigenvalue weighted by Crippen LogP contribution is -2.17. The molecule has 0 aliphatic rings. The van der Waals surface area contributed by atoms with Crippen molar-refractivity contribution in [1.29, 1.82) is 0 Å². The molecule has 0 saturated heterocycles. The third kappa shape index (κ3) is 3.37. The number of hydrogen-bond acceptors (Lipinski definition) is 2. The van der Waals surface area contributed by atoms with E-state index < -0.39 is 17.9 Å². The highest BCUT2D eigenvalue weighted by molar-refractivity contribution is 5.70. The summed E-state index contributed by atoms with van der Waals surface area (Å²) >= 11 is 0. The fourth-order valence-corrected chi connectivity index (χ4v) is 1.61. The van der Waals surface area contributed by atoms with Gasteiger partial charge in [-0.05, 0) is 35.4 Å². The topological polar surface area (TPSA) is 35.2 Å². The number of nitrogen functional groups attached to an aromatic ring is 1. The molecule has 0 aliphatic heterocycles. The highest BCUT2D eigenvalue weighted by atomic mass is 19.4. The summed E-state index contributed by atoms with van der Waals surface area (Å²) in [7, 11) is 0. The second kappa shape index (κ2) is 4.79. The number of benzene rings is 2. The van der Waals surface area contributed by atoms with Crippen LogP contribution in [0.4, 0.5) is 23.2 Å². The molecule has 0 heterocycles. The van der Waals surface area contributed by atoms with E-state index in [2.05, 4.69) is 4.74 Å². The molecule has 0 amide bonds. The molecular formula is C13H9F4NO. The van der Waals surface area contributed by atoms with Gasteiger partial charge < -0.3 is 10.5 Å². The summed E-state index contributed by atoms with van der Waals surface area (Å²) in [5.74, 6) is -0.917. The second-order valence-corrected chi connectivity index (χ2v) is 3.81. The number of hydrogen-bond donors (Lipinski definition) is 1. The minimum Gasteiger partial charge on any atom is -0.404 e. The fourth-order valence-electron chi connectivity index (χ4n) is 1.61.